The molecule has 27 heavy (non-hydrogen) atoms. The fourth-order valence-electron chi connectivity index (χ4n) is 3.24. The molecular weight excluding hydrogens is 338 g/mol. The quantitative estimate of drug-likeness (QED) is 0.710. The molecule has 0 atom stereocenters. The van der Waals surface area contributed by atoms with Crippen molar-refractivity contribution >= 4 is 11.6 Å². The van der Waals surface area contributed by atoms with E-state index in [1.807, 2.05) is 71.6 Å². The Morgan fingerprint density at radius 1 is 0.815 bits per heavy atom. The number of carbonyl (C=O) groups excluding carboxylic acids is 1. The number of hydrogen-bond acceptors (Lipinski definition) is 4. The Morgan fingerprint density at radius 3 is 2.22 bits per heavy atom. The van der Waals surface area contributed by atoms with Gasteiger partial charge in [0.1, 0.15) is 11.5 Å². The minimum atomic E-state index is 0.0101. The maximum Gasteiger partial charge on any atom is 0.257 e. The van der Waals surface area contributed by atoms with Gasteiger partial charge in [-0.2, -0.15) is 0 Å². The first kappa shape index (κ1) is 17.1. The lowest BCUT2D eigenvalue weighted by molar-refractivity contribution is 0.0744. The van der Waals surface area contributed by atoms with E-state index in [1.165, 1.54) is 0 Å². The van der Waals surface area contributed by atoms with Crippen LogP contribution in [0.3, 0.4) is 0 Å². The molecule has 0 radical (unpaired) electrons. The molecule has 3 aromatic rings. The number of amides is 1. The number of anilines is 1. The Balaban J connectivity index is 1.46. The van der Waals surface area contributed by atoms with Crippen LogP contribution in [0.4, 0.5) is 5.69 Å². The van der Waals surface area contributed by atoms with E-state index in [0.29, 0.717) is 24.4 Å². The van der Waals surface area contributed by atoms with Gasteiger partial charge in [-0.1, -0.05) is 30.3 Å². The first-order valence-electron chi connectivity index (χ1n) is 9.07. The van der Waals surface area contributed by atoms with E-state index in [1.54, 1.807) is 12.4 Å². The third kappa shape index (κ3) is 3.92. The Bertz CT molecular complexity index is 892. The van der Waals surface area contributed by atoms with Gasteiger partial charge in [0.25, 0.3) is 5.91 Å². The summed E-state index contributed by atoms with van der Waals surface area (Å²) in [5.41, 5.74) is 1.74. The van der Waals surface area contributed by atoms with E-state index in [-0.39, 0.29) is 5.91 Å². The summed E-state index contributed by atoms with van der Waals surface area (Å²) in [6.07, 6.45) is 3.59. The second kappa shape index (κ2) is 7.91. The van der Waals surface area contributed by atoms with E-state index < -0.39 is 0 Å². The molecule has 2 heterocycles. The minimum Gasteiger partial charge on any atom is -0.457 e. The Morgan fingerprint density at radius 2 is 1.48 bits per heavy atom. The summed E-state index contributed by atoms with van der Waals surface area (Å²) in [7, 11) is 0. The molecule has 1 aromatic heterocycles. The molecule has 0 bridgehead atoms. The lowest BCUT2D eigenvalue weighted by Gasteiger charge is -2.36. The standard InChI is InChI=1S/C22H21N3O2/c26-22(25-16-14-24(15-17-25)18-10-12-23-13-11-18)20-8-4-5-9-21(20)27-19-6-2-1-3-7-19/h1-13H,14-17H2. The summed E-state index contributed by atoms with van der Waals surface area (Å²) in [6, 6.07) is 21.0. The smallest absolute Gasteiger partial charge is 0.257 e. The third-order valence-electron chi connectivity index (χ3n) is 4.68. The Hall–Kier alpha value is -3.34. The molecule has 5 nitrogen and oxygen atoms in total. The van der Waals surface area contributed by atoms with Crippen molar-refractivity contribution in [2.45, 2.75) is 0 Å². The number of piperazine rings is 1. The Labute approximate surface area is 158 Å². The van der Waals surface area contributed by atoms with Crippen LogP contribution in [0.1, 0.15) is 10.4 Å². The highest BCUT2D eigenvalue weighted by molar-refractivity contribution is 5.97. The number of aromatic nitrogens is 1. The number of para-hydroxylation sites is 2. The molecule has 2 aromatic carbocycles. The van der Waals surface area contributed by atoms with Gasteiger partial charge in [-0.25, -0.2) is 0 Å². The van der Waals surface area contributed by atoms with Crippen LogP contribution in [-0.2, 0) is 0 Å². The van der Waals surface area contributed by atoms with Crippen molar-refractivity contribution < 1.29 is 9.53 Å². The minimum absolute atomic E-state index is 0.0101. The van der Waals surface area contributed by atoms with Crippen molar-refractivity contribution in [3.63, 3.8) is 0 Å². The topological polar surface area (TPSA) is 45.7 Å². The maximum atomic E-state index is 13.1. The molecule has 1 saturated heterocycles. The van der Waals surface area contributed by atoms with Crippen molar-refractivity contribution in [2.24, 2.45) is 0 Å². The van der Waals surface area contributed by atoms with E-state index in [0.717, 1.165) is 24.5 Å². The monoisotopic (exact) mass is 359 g/mol. The van der Waals surface area contributed by atoms with Crippen molar-refractivity contribution in [1.29, 1.82) is 0 Å². The van der Waals surface area contributed by atoms with E-state index in [9.17, 15) is 4.79 Å². The molecule has 1 aliphatic rings. The van der Waals surface area contributed by atoms with Crippen molar-refractivity contribution in [3.8, 4) is 11.5 Å². The predicted octanol–water partition coefficient (Wildman–Crippen LogP) is 3.84. The van der Waals surface area contributed by atoms with Crippen LogP contribution in [0.5, 0.6) is 11.5 Å². The second-order valence-corrected chi connectivity index (χ2v) is 6.40. The van der Waals surface area contributed by atoms with Gasteiger partial charge in [0.05, 0.1) is 5.56 Å². The number of pyridine rings is 1. The third-order valence-corrected chi connectivity index (χ3v) is 4.68. The highest BCUT2D eigenvalue weighted by Crippen LogP contribution is 2.26. The van der Waals surface area contributed by atoms with Gasteiger partial charge < -0.3 is 14.5 Å². The normalized spacial score (nSPS) is 14.1. The molecule has 1 amide bonds. The van der Waals surface area contributed by atoms with Crippen LogP contribution in [-0.4, -0.2) is 42.0 Å². The molecule has 0 saturated carbocycles. The van der Waals surface area contributed by atoms with Crippen LogP contribution in [0, 0.1) is 0 Å². The first-order chi connectivity index (χ1) is 13.3. The fourth-order valence-corrected chi connectivity index (χ4v) is 3.24. The van der Waals surface area contributed by atoms with Crippen LogP contribution in [0.15, 0.2) is 79.1 Å². The summed E-state index contributed by atoms with van der Waals surface area (Å²) in [5.74, 6) is 1.32. The van der Waals surface area contributed by atoms with E-state index in [4.69, 9.17) is 4.74 Å². The highest BCUT2D eigenvalue weighted by Gasteiger charge is 2.24. The van der Waals surface area contributed by atoms with Crippen LogP contribution in [0.2, 0.25) is 0 Å². The van der Waals surface area contributed by atoms with E-state index in [2.05, 4.69) is 9.88 Å². The molecule has 1 fully saturated rings. The second-order valence-electron chi connectivity index (χ2n) is 6.40. The van der Waals surface area contributed by atoms with Gasteiger partial charge in [0, 0.05) is 44.3 Å². The van der Waals surface area contributed by atoms with Gasteiger partial charge in [-0.05, 0) is 36.4 Å². The molecule has 0 unspecified atom stereocenters. The molecule has 1 aliphatic heterocycles. The summed E-state index contributed by atoms with van der Waals surface area (Å²) < 4.78 is 5.95. The summed E-state index contributed by atoms with van der Waals surface area (Å²) in [6.45, 7) is 2.97. The lowest BCUT2D eigenvalue weighted by atomic mass is 10.1. The zero-order chi connectivity index (χ0) is 18.5. The molecule has 0 N–H and O–H groups in total. The van der Waals surface area contributed by atoms with Gasteiger partial charge in [0.2, 0.25) is 0 Å². The van der Waals surface area contributed by atoms with Gasteiger partial charge in [-0.15, -0.1) is 0 Å². The molecule has 136 valence electrons. The van der Waals surface area contributed by atoms with Crippen LogP contribution >= 0.6 is 0 Å². The fraction of sp³-hybridized carbons (Fsp3) is 0.182. The average Bonchev–Trinajstić information content (AvgIpc) is 2.75. The van der Waals surface area contributed by atoms with Gasteiger partial charge in [0.15, 0.2) is 0 Å². The van der Waals surface area contributed by atoms with Crippen molar-refractivity contribution in [1.82, 2.24) is 9.88 Å². The number of nitrogens with zero attached hydrogens (tertiary/aromatic N) is 3. The average molecular weight is 359 g/mol. The van der Waals surface area contributed by atoms with Gasteiger partial charge in [-0.3, -0.25) is 9.78 Å². The molecule has 4 rings (SSSR count). The van der Waals surface area contributed by atoms with Crippen LogP contribution < -0.4 is 9.64 Å². The SMILES string of the molecule is O=C(c1ccccc1Oc1ccccc1)N1CCN(c2ccncc2)CC1. The molecule has 0 spiro atoms. The summed E-state index contributed by atoms with van der Waals surface area (Å²) in [5, 5.41) is 0. The molecular formula is C22H21N3O2. The zero-order valence-corrected chi connectivity index (χ0v) is 15.0. The van der Waals surface area contributed by atoms with Crippen molar-refractivity contribution in [2.75, 3.05) is 31.1 Å². The number of hydrogen-bond donors (Lipinski definition) is 0. The van der Waals surface area contributed by atoms with Crippen LogP contribution in [0.25, 0.3) is 0 Å². The van der Waals surface area contributed by atoms with Crippen molar-refractivity contribution in [3.05, 3.63) is 84.7 Å². The molecule has 5 heteroatoms. The Kier molecular flexibility index (Phi) is 5.01. The first-order valence-corrected chi connectivity index (χ1v) is 9.07. The predicted molar refractivity (Wildman–Crippen MR) is 105 cm³/mol. The molecule has 0 aliphatic carbocycles. The number of benzene rings is 2. The van der Waals surface area contributed by atoms with E-state index >= 15 is 0 Å². The highest BCUT2D eigenvalue weighted by atomic mass is 16.5. The maximum absolute atomic E-state index is 13.1. The van der Waals surface area contributed by atoms with Gasteiger partial charge >= 0.3 is 0 Å². The lowest BCUT2D eigenvalue weighted by Crippen LogP contribution is -2.48. The summed E-state index contributed by atoms with van der Waals surface area (Å²) in [4.78, 5) is 21.3. The number of carbonyl (C=O) groups is 1. The summed E-state index contributed by atoms with van der Waals surface area (Å²) >= 11 is 0. The largest absolute Gasteiger partial charge is 0.457 e. The number of ether oxygens (including phenoxy) is 1. The zero-order valence-electron chi connectivity index (χ0n) is 15.0. The number of rotatable bonds is 4.